The molecular weight excluding hydrogens is 654 g/mol. The van der Waals surface area contributed by atoms with Gasteiger partial charge >= 0.3 is 5.91 Å². The molecule has 47 heavy (non-hydrogen) atoms. The SMILES string of the molecule is CCCCOc1ccc(/C(O)=C2/C(=O)C(=O)N(c3nnc(SCc4ccccc4Cl)s3)C2c2cccc(Oc3ccccc3)c2)cc1. The van der Waals surface area contributed by atoms with E-state index in [0.717, 1.165) is 18.4 Å². The van der Waals surface area contributed by atoms with E-state index in [2.05, 4.69) is 17.1 Å². The van der Waals surface area contributed by atoms with Crippen molar-refractivity contribution in [1.82, 2.24) is 10.2 Å². The Bertz CT molecular complexity index is 1910. The number of benzene rings is 4. The lowest BCUT2D eigenvalue weighted by Gasteiger charge is -2.23. The van der Waals surface area contributed by atoms with Crippen LogP contribution in [0.4, 0.5) is 5.13 Å². The molecule has 1 aromatic heterocycles. The summed E-state index contributed by atoms with van der Waals surface area (Å²) in [5, 5.41) is 21.1. The first-order valence-electron chi connectivity index (χ1n) is 15.0. The third kappa shape index (κ3) is 7.35. The normalized spacial score (nSPS) is 15.6. The van der Waals surface area contributed by atoms with Crippen molar-refractivity contribution >= 4 is 57.3 Å². The number of rotatable bonds is 12. The number of carbonyl (C=O) groups excluding carboxylic acids is 2. The minimum atomic E-state index is -0.996. The van der Waals surface area contributed by atoms with E-state index in [9.17, 15) is 14.7 Å². The van der Waals surface area contributed by atoms with Crippen molar-refractivity contribution in [1.29, 1.82) is 0 Å². The van der Waals surface area contributed by atoms with Crippen LogP contribution in [0.3, 0.4) is 0 Å². The van der Waals surface area contributed by atoms with E-state index in [1.807, 2.05) is 54.6 Å². The van der Waals surface area contributed by atoms with E-state index in [-0.39, 0.29) is 16.5 Å². The molecule has 11 heteroatoms. The molecule has 0 spiro atoms. The van der Waals surface area contributed by atoms with Crippen molar-refractivity contribution in [2.24, 2.45) is 0 Å². The lowest BCUT2D eigenvalue weighted by molar-refractivity contribution is -0.132. The summed E-state index contributed by atoms with van der Waals surface area (Å²) in [4.78, 5) is 28.8. The molecule has 1 aliphatic rings. The highest BCUT2D eigenvalue weighted by molar-refractivity contribution is 8.00. The number of ether oxygens (including phenoxy) is 2. The molecule has 0 bridgehead atoms. The number of anilines is 1. The van der Waals surface area contributed by atoms with Gasteiger partial charge in [0.05, 0.1) is 18.2 Å². The Kier molecular flexibility index (Phi) is 10.2. The van der Waals surface area contributed by atoms with Gasteiger partial charge in [-0.25, -0.2) is 0 Å². The first-order chi connectivity index (χ1) is 22.9. The van der Waals surface area contributed by atoms with Gasteiger partial charge in [0.25, 0.3) is 5.78 Å². The fraction of sp³-hybridized carbons (Fsp3) is 0.167. The monoisotopic (exact) mass is 683 g/mol. The van der Waals surface area contributed by atoms with E-state index >= 15 is 0 Å². The van der Waals surface area contributed by atoms with Crippen molar-refractivity contribution in [3.63, 3.8) is 0 Å². The molecule has 1 atom stereocenters. The first-order valence-corrected chi connectivity index (χ1v) is 17.2. The Morgan fingerprint density at radius 1 is 0.915 bits per heavy atom. The Hall–Kier alpha value is -4.64. The van der Waals surface area contributed by atoms with Gasteiger partial charge in [0.15, 0.2) is 4.34 Å². The molecule has 2 heterocycles. The number of aromatic nitrogens is 2. The number of unbranched alkanes of at least 4 members (excludes halogenated alkanes) is 1. The Morgan fingerprint density at radius 3 is 2.43 bits per heavy atom. The molecule has 0 radical (unpaired) electrons. The van der Waals surface area contributed by atoms with Gasteiger partial charge in [0, 0.05) is 16.3 Å². The van der Waals surface area contributed by atoms with Crippen molar-refractivity contribution in [2.45, 2.75) is 35.9 Å². The van der Waals surface area contributed by atoms with Crippen molar-refractivity contribution in [3.8, 4) is 17.2 Å². The molecule has 0 aliphatic carbocycles. The second-order valence-corrected chi connectivity index (χ2v) is 13.2. The molecule has 5 aromatic rings. The number of hydrogen-bond acceptors (Lipinski definition) is 9. The zero-order valence-corrected chi connectivity index (χ0v) is 27.7. The predicted octanol–water partition coefficient (Wildman–Crippen LogP) is 9.08. The quantitative estimate of drug-likeness (QED) is 0.0347. The van der Waals surface area contributed by atoms with Crippen LogP contribution in [-0.2, 0) is 15.3 Å². The lowest BCUT2D eigenvalue weighted by Crippen LogP contribution is -2.29. The molecule has 1 N–H and O–H groups in total. The average Bonchev–Trinajstić information content (AvgIpc) is 3.66. The molecule has 238 valence electrons. The van der Waals surface area contributed by atoms with Gasteiger partial charge in [-0.2, -0.15) is 0 Å². The Morgan fingerprint density at radius 2 is 1.66 bits per heavy atom. The summed E-state index contributed by atoms with van der Waals surface area (Å²) >= 11 is 8.95. The fourth-order valence-electron chi connectivity index (χ4n) is 5.03. The molecule has 6 rings (SSSR count). The number of para-hydroxylation sites is 1. The highest BCUT2D eigenvalue weighted by atomic mass is 35.5. The largest absolute Gasteiger partial charge is 0.507 e. The summed E-state index contributed by atoms with van der Waals surface area (Å²) in [6, 6.07) is 29.7. The van der Waals surface area contributed by atoms with E-state index in [4.69, 9.17) is 21.1 Å². The summed E-state index contributed by atoms with van der Waals surface area (Å²) < 4.78 is 12.4. The van der Waals surface area contributed by atoms with Gasteiger partial charge in [-0.3, -0.25) is 14.5 Å². The minimum absolute atomic E-state index is 0.0630. The number of carbonyl (C=O) groups is 2. The van der Waals surface area contributed by atoms with Crippen LogP contribution >= 0.6 is 34.7 Å². The molecule has 8 nitrogen and oxygen atoms in total. The first kappa shape index (κ1) is 32.3. The zero-order chi connectivity index (χ0) is 32.8. The van der Waals surface area contributed by atoms with Gasteiger partial charge in [-0.15, -0.1) is 10.2 Å². The van der Waals surface area contributed by atoms with Crippen LogP contribution in [-0.4, -0.2) is 33.6 Å². The van der Waals surface area contributed by atoms with E-state index in [1.54, 1.807) is 48.5 Å². The Labute approximate surface area is 285 Å². The molecular formula is C36H30ClN3O5S2. The maximum Gasteiger partial charge on any atom is 0.301 e. The minimum Gasteiger partial charge on any atom is -0.507 e. The number of Topliss-reactive ketones (excluding diaryl/α,β-unsaturated/α-hetero) is 1. The topological polar surface area (TPSA) is 102 Å². The number of amides is 1. The molecule has 1 fully saturated rings. The van der Waals surface area contributed by atoms with Crippen molar-refractivity contribution < 1.29 is 24.2 Å². The smallest absolute Gasteiger partial charge is 0.301 e. The van der Waals surface area contributed by atoms with Crippen molar-refractivity contribution in [2.75, 3.05) is 11.5 Å². The fourth-order valence-corrected chi connectivity index (χ4v) is 7.18. The van der Waals surface area contributed by atoms with E-state index < -0.39 is 17.7 Å². The van der Waals surface area contributed by atoms with E-state index in [0.29, 0.717) is 50.1 Å². The van der Waals surface area contributed by atoms with Crippen LogP contribution < -0.4 is 14.4 Å². The third-order valence-corrected chi connectivity index (χ3v) is 9.88. The van der Waals surface area contributed by atoms with Crippen LogP contribution in [0, 0.1) is 0 Å². The number of thioether (sulfide) groups is 1. The second-order valence-electron chi connectivity index (χ2n) is 10.6. The van der Waals surface area contributed by atoms with Crippen LogP contribution in [0.1, 0.15) is 42.5 Å². The second kappa shape index (κ2) is 14.8. The molecule has 1 unspecified atom stereocenters. The number of aliphatic hydroxyl groups excluding tert-OH is 1. The molecule has 1 saturated heterocycles. The van der Waals surface area contributed by atoms with Crippen LogP contribution in [0.5, 0.6) is 17.2 Å². The number of halogens is 1. The molecule has 1 aliphatic heterocycles. The summed E-state index contributed by atoms with van der Waals surface area (Å²) in [5.74, 6) is 0.380. The van der Waals surface area contributed by atoms with Crippen LogP contribution in [0.2, 0.25) is 5.02 Å². The number of hydrogen-bond donors (Lipinski definition) is 1. The highest BCUT2D eigenvalue weighted by Crippen LogP contribution is 2.45. The summed E-state index contributed by atoms with van der Waals surface area (Å²) in [6.07, 6.45) is 1.93. The maximum atomic E-state index is 13.7. The summed E-state index contributed by atoms with van der Waals surface area (Å²) in [6.45, 7) is 2.66. The van der Waals surface area contributed by atoms with Gasteiger partial charge < -0.3 is 14.6 Å². The van der Waals surface area contributed by atoms with Gasteiger partial charge in [0.2, 0.25) is 5.13 Å². The predicted molar refractivity (Wildman–Crippen MR) is 186 cm³/mol. The van der Waals surface area contributed by atoms with Crippen LogP contribution in [0.25, 0.3) is 5.76 Å². The molecule has 1 amide bonds. The summed E-state index contributed by atoms with van der Waals surface area (Å²) in [5.41, 5.74) is 1.81. The summed E-state index contributed by atoms with van der Waals surface area (Å²) in [7, 11) is 0. The zero-order valence-electron chi connectivity index (χ0n) is 25.3. The van der Waals surface area contributed by atoms with Crippen LogP contribution in [0.15, 0.2) is 113 Å². The Balaban J connectivity index is 1.37. The average molecular weight is 684 g/mol. The molecule has 0 saturated carbocycles. The van der Waals surface area contributed by atoms with Gasteiger partial charge in [-0.05, 0) is 72.1 Å². The standard InChI is InChI=1S/C36H30ClN3O5S2/c1-2-3-20-44-26-18-16-23(17-19-26)32(41)30-31(24-11-9-14-28(21-24)45-27-12-5-4-6-13-27)40(34(43)33(30)42)35-38-39-36(47-35)46-22-25-10-7-8-15-29(25)37/h4-19,21,31,41H,2-3,20,22H2,1H3/b32-30-. The van der Waals surface area contributed by atoms with E-state index in [1.165, 1.54) is 28.0 Å². The van der Waals surface area contributed by atoms with Crippen molar-refractivity contribution in [3.05, 3.63) is 130 Å². The highest BCUT2D eigenvalue weighted by Gasteiger charge is 2.48. The number of aliphatic hydroxyl groups is 1. The number of nitrogens with zero attached hydrogens (tertiary/aromatic N) is 3. The maximum absolute atomic E-state index is 13.7. The van der Waals surface area contributed by atoms with Gasteiger partial charge in [0.1, 0.15) is 23.0 Å². The third-order valence-electron chi connectivity index (χ3n) is 7.40. The lowest BCUT2D eigenvalue weighted by atomic mass is 9.95. The van der Waals surface area contributed by atoms with Gasteiger partial charge in [-0.1, -0.05) is 96.6 Å². The molecule has 4 aromatic carbocycles. The number of ketones is 1.